The molecule has 0 atom stereocenters. The van der Waals surface area contributed by atoms with Crippen LogP contribution in [0.25, 0.3) is 0 Å². The van der Waals surface area contributed by atoms with Crippen LogP contribution < -0.4 is 0 Å². The van der Waals surface area contributed by atoms with Crippen molar-refractivity contribution in [3.63, 3.8) is 0 Å². The molecule has 0 amide bonds. The fourth-order valence-corrected chi connectivity index (χ4v) is 12.4. The molecule has 0 fully saturated rings. The molecule has 0 aliphatic rings. The third-order valence-corrected chi connectivity index (χ3v) is 16.6. The Bertz CT molecular complexity index is 1140. The maximum absolute atomic E-state index is 2.59. The van der Waals surface area contributed by atoms with Gasteiger partial charge in [-0.25, -0.2) is 0 Å². The van der Waals surface area contributed by atoms with E-state index in [9.17, 15) is 0 Å². The van der Waals surface area contributed by atoms with Gasteiger partial charge in [0.25, 0.3) is 0 Å². The van der Waals surface area contributed by atoms with Crippen molar-refractivity contribution in [2.24, 2.45) is 5.41 Å². The highest BCUT2D eigenvalue weighted by Gasteiger charge is 2.51. The van der Waals surface area contributed by atoms with E-state index in [1.54, 1.807) is 11.1 Å². The van der Waals surface area contributed by atoms with Crippen LogP contribution >= 0.6 is 0 Å². The molecule has 0 radical (unpaired) electrons. The maximum atomic E-state index is 2.59. The van der Waals surface area contributed by atoms with E-state index in [-0.39, 0.29) is 10.8 Å². The summed E-state index contributed by atoms with van der Waals surface area (Å²) in [6.45, 7) is 9.36. The van der Waals surface area contributed by atoms with Gasteiger partial charge in [0, 0.05) is 5.41 Å². The normalized spacial score (nSPS) is 12.1. The number of benzene rings is 2. The zero-order valence-corrected chi connectivity index (χ0v) is 46.4. The van der Waals surface area contributed by atoms with Gasteiger partial charge < -0.3 is 0 Å². The van der Waals surface area contributed by atoms with Crippen LogP contribution in [0.5, 0.6) is 0 Å². The van der Waals surface area contributed by atoms with Crippen LogP contribution in [0.4, 0.5) is 0 Å². The second-order valence-corrected chi connectivity index (χ2v) is 22.4. The first-order valence-corrected chi connectivity index (χ1v) is 31.3. The second kappa shape index (κ2) is 45.6. The molecule has 0 N–H and O–H groups in total. The predicted octanol–water partition coefficient (Wildman–Crippen LogP) is 24.2. The number of unbranched alkanes of at least 4 members (excludes halogenated alkanes) is 41. The van der Waals surface area contributed by atoms with Gasteiger partial charge in [-0.3, -0.25) is 0 Å². The molecular formula is C67H120. The molecule has 0 heteroatoms. The summed E-state index contributed by atoms with van der Waals surface area (Å²) >= 11 is 0. The van der Waals surface area contributed by atoms with Crippen LogP contribution in [-0.4, -0.2) is 0 Å². The average Bonchev–Trinajstić information content (AvgIpc) is 3.36. The molecule has 0 saturated heterocycles. The van der Waals surface area contributed by atoms with Gasteiger partial charge >= 0.3 is 0 Å². The molecular weight excluding hydrogens is 805 g/mol. The molecule has 388 valence electrons. The van der Waals surface area contributed by atoms with Crippen molar-refractivity contribution in [3.05, 3.63) is 71.8 Å². The zero-order chi connectivity index (χ0) is 47.9. The predicted molar refractivity (Wildman–Crippen MR) is 305 cm³/mol. The summed E-state index contributed by atoms with van der Waals surface area (Å²) in [6.07, 6.45) is 69.8. The molecule has 0 bridgehead atoms. The number of hydrogen-bond donors (Lipinski definition) is 0. The van der Waals surface area contributed by atoms with Crippen LogP contribution in [0.2, 0.25) is 0 Å². The standard InChI is InChI=1S/C67H120/c1-5-9-13-17-21-25-29-33-37-41-45-55-63-67(64-56-48-46-49-57-64,65-58-50-47-51-59-65)66(60-52-42-38-34-30-26-22-18-14-10-6-2,61-53-43-39-35-31-27-23-19-15-11-7-3)62-54-44-40-36-32-28-24-20-16-12-8-4/h46-51,56-59H,5-45,52-55,60-63H2,1-4H3. The molecule has 67 heavy (non-hydrogen) atoms. The topological polar surface area (TPSA) is 0 Å². The van der Waals surface area contributed by atoms with Crippen molar-refractivity contribution < 1.29 is 0 Å². The van der Waals surface area contributed by atoms with Gasteiger partial charge in [-0.1, -0.05) is 377 Å². The first kappa shape index (κ1) is 61.6. The van der Waals surface area contributed by atoms with Crippen molar-refractivity contribution in [1.29, 1.82) is 0 Å². The van der Waals surface area contributed by atoms with Crippen molar-refractivity contribution >= 4 is 0 Å². The molecule has 0 aliphatic heterocycles. The number of rotatable bonds is 52. The van der Waals surface area contributed by atoms with E-state index >= 15 is 0 Å². The van der Waals surface area contributed by atoms with Gasteiger partial charge in [0.1, 0.15) is 0 Å². The van der Waals surface area contributed by atoms with Crippen molar-refractivity contribution in [2.45, 2.75) is 348 Å². The lowest BCUT2D eigenvalue weighted by Gasteiger charge is -2.53. The van der Waals surface area contributed by atoms with E-state index in [4.69, 9.17) is 0 Å². The van der Waals surface area contributed by atoms with E-state index in [1.807, 2.05) is 0 Å². The Labute approximate surface area is 423 Å². The van der Waals surface area contributed by atoms with Crippen LogP contribution in [-0.2, 0) is 5.41 Å². The minimum atomic E-state index is 0.0590. The molecule has 0 unspecified atom stereocenters. The highest BCUT2D eigenvalue weighted by atomic mass is 14.5. The van der Waals surface area contributed by atoms with Crippen molar-refractivity contribution in [2.75, 3.05) is 0 Å². The summed E-state index contributed by atoms with van der Waals surface area (Å²) in [7, 11) is 0. The average molecular weight is 926 g/mol. The fraction of sp³-hybridized carbons (Fsp3) is 0.821. The summed E-state index contributed by atoms with van der Waals surface area (Å²) in [4.78, 5) is 0. The third kappa shape index (κ3) is 29.4. The Hall–Kier alpha value is -1.56. The lowest BCUT2D eigenvalue weighted by atomic mass is 9.50. The van der Waals surface area contributed by atoms with Crippen molar-refractivity contribution in [1.82, 2.24) is 0 Å². The molecule has 2 rings (SSSR count). The van der Waals surface area contributed by atoms with E-state index in [2.05, 4.69) is 88.4 Å². The van der Waals surface area contributed by atoms with E-state index < -0.39 is 0 Å². The molecule has 2 aromatic rings. The van der Waals surface area contributed by atoms with E-state index in [0.717, 1.165) is 0 Å². The molecule has 0 saturated carbocycles. The Morgan fingerprint density at radius 1 is 0.209 bits per heavy atom. The SMILES string of the molecule is CCCCCCCCCCCCCCC(c1ccccc1)(c1ccccc1)C(CCCCCCCCCCCCC)(CCCCCCCCCCCCC)CCCCCCCCCCCCC. The first-order chi connectivity index (χ1) is 33.2. The van der Waals surface area contributed by atoms with Crippen LogP contribution in [0.3, 0.4) is 0 Å². The second-order valence-electron chi connectivity index (χ2n) is 22.4. The first-order valence-electron chi connectivity index (χ1n) is 31.3. The van der Waals surface area contributed by atoms with Gasteiger partial charge in [0.05, 0.1) is 0 Å². The Kier molecular flexibility index (Phi) is 41.9. The summed E-state index contributed by atoms with van der Waals surface area (Å²) in [5.74, 6) is 0. The quantitative estimate of drug-likeness (QED) is 0.0580. The largest absolute Gasteiger partial charge is 0.0654 e. The monoisotopic (exact) mass is 925 g/mol. The van der Waals surface area contributed by atoms with Gasteiger partial charge in [-0.05, 0) is 42.2 Å². The molecule has 0 spiro atoms. The lowest BCUT2D eigenvalue weighted by Crippen LogP contribution is -2.47. The van der Waals surface area contributed by atoms with Crippen LogP contribution in [0, 0.1) is 5.41 Å². The van der Waals surface area contributed by atoms with E-state index in [1.165, 1.54) is 315 Å². The van der Waals surface area contributed by atoms with Gasteiger partial charge in [-0.15, -0.1) is 0 Å². The van der Waals surface area contributed by atoms with Crippen LogP contribution in [0.1, 0.15) is 353 Å². The highest BCUT2D eigenvalue weighted by Crippen LogP contribution is 2.58. The molecule has 0 aliphatic carbocycles. The summed E-state index contributed by atoms with van der Waals surface area (Å²) < 4.78 is 0. The third-order valence-electron chi connectivity index (χ3n) is 16.6. The molecule has 0 heterocycles. The van der Waals surface area contributed by atoms with Crippen molar-refractivity contribution in [3.8, 4) is 0 Å². The van der Waals surface area contributed by atoms with E-state index in [0.29, 0.717) is 0 Å². The summed E-state index contributed by atoms with van der Waals surface area (Å²) in [6, 6.07) is 24.5. The molecule has 2 aromatic carbocycles. The van der Waals surface area contributed by atoms with Crippen LogP contribution in [0.15, 0.2) is 60.7 Å². The lowest BCUT2D eigenvalue weighted by molar-refractivity contribution is 0.0817. The highest BCUT2D eigenvalue weighted by molar-refractivity contribution is 5.43. The summed E-state index contributed by atoms with van der Waals surface area (Å²) in [5.41, 5.74) is 3.62. The number of hydrogen-bond acceptors (Lipinski definition) is 0. The zero-order valence-electron chi connectivity index (χ0n) is 46.4. The minimum Gasteiger partial charge on any atom is -0.0654 e. The Morgan fingerprint density at radius 3 is 0.597 bits per heavy atom. The fourth-order valence-electron chi connectivity index (χ4n) is 12.4. The minimum absolute atomic E-state index is 0.0590. The summed E-state index contributed by atoms with van der Waals surface area (Å²) in [5, 5.41) is 0. The van der Waals surface area contributed by atoms with Gasteiger partial charge in [0.15, 0.2) is 0 Å². The maximum Gasteiger partial charge on any atom is 0.0259 e. The molecule has 0 aromatic heterocycles. The molecule has 0 nitrogen and oxygen atoms in total. The van der Waals surface area contributed by atoms with Gasteiger partial charge in [0.2, 0.25) is 0 Å². The smallest absolute Gasteiger partial charge is 0.0259 e. The van der Waals surface area contributed by atoms with Gasteiger partial charge in [-0.2, -0.15) is 0 Å². The Balaban J connectivity index is 2.36. The Morgan fingerprint density at radius 2 is 0.388 bits per heavy atom.